The molecule has 0 aromatic carbocycles. The van der Waals surface area contributed by atoms with E-state index >= 15 is 0 Å². The smallest absolute Gasteiger partial charge is 0.234 e. The Morgan fingerprint density at radius 1 is 1.29 bits per heavy atom. The number of aryl methyl sites for hydroxylation is 1. The van der Waals surface area contributed by atoms with Crippen molar-refractivity contribution in [1.29, 1.82) is 0 Å². The first-order chi connectivity index (χ1) is 11.7. The van der Waals surface area contributed by atoms with E-state index in [0.717, 1.165) is 44.5 Å². The van der Waals surface area contributed by atoms with Crippen LogP contribution in [0.3, 0.4) is 0 Å². The molecule has 2 aromatic rings. The highest BCUT2D eigenvalue weighted by Crippen LogP contribution is 2.45. The summed E-state index contributed by atoms with van der Waals surface area (Å²) in [5.41, 5.74) is 0.881. The highest BCUT2D eigenvalue weighted by Gasteiger charge is 2.46. The number of likely N-dealkylation sites (tertiary alicyclic amines) is 1. The van der Waals surface area contributed by atoms with Gasteiger partial charge in [0.05, 0.1) is 11.1 Å². The second kappa shape index (κ2) is 6.36. The van der Waals surface area contributed by atoms with Gasteiger partial charge < -0.3 is 4.90 Å². The van der Waals surface area contributed by atoms with E-state index < -0.39 is 0 Å². The molecule has 128 valence electrons. The first-order valence-corrected chi connectivity index (χ1v) is 9.90. The predicted molar refractivity (Wildman–Crippen MR) is 96.2 cm³/mol. The molecule has 3 heterocycles. The standard InChI is InChI=1S/C19H25N3OS/c1-21-12-8-16(20-21)15-6-4-11-22(14-15)18(23)19(9-2-3-10-19)17-7-5-13-24-17/h5,7-8,12-13,15H,2-4,6,9-11,14H2,1H3. The molecule has 2 aliphatic rings. The lowest BCUT2D eigenvalue weighted by molar-refractivity contribution is -0.138. The van der Waals surface area contributed by atoms with Crippen LogP contribution in [0.4, 0.5) is 0 Å². The lowest BCUT2D eigenvalue weighted by Gasteiger charge is -2.38. The molecule has 1 aliphatic carbocycles. The van der Waals surface area contributed by atoms with E-state index in [4.69, 9.17) is 0 Å². The summed E-state index contributed by atoms with van der Waals surface area (Å²) < 4.78 is 1.86. The lowest BCUT2D eigenvalue weighted by atomic mass is 9.81. The third-order valence-electron chi connectivity index (χ3n) is 5.72. The van der Waals surface area contributed by atoms with Crippen molar-refractivity contribution < 1.29 is 4.79 Å². The molecule has 0 bridgehead atoms. The molecule has 1 saturated carbocycles. The second-order valence-electron chi connectivity index (χ2n) is 7.27. The molecule has 1 amide bonds. The zero-order valence-electron chi connectivity index (χ0n) is 14.3. The van der Waals surface area contributed by atoms with Crippen LogP contribution in [0, 0.1) is 0 Å². The zero-order chi connectivity index (χ0) is 16.6. The van der Waals surface area contributed by atoms with Crippen molar-refractivity contribution in [2.45, 2.75) is 49.9 Å². The summed E-state index contributed by atoms with van der Waals surface area (Å²) in [6, 6.07) is 6.34. The van der Waals surface area contributed by atoms with E-state index in [1.807, 2.05) is 17.9 Å². The molecule has 5 heteroatoms. The maximum Gasteiger partial charge on any atom is 0.234 e. The molecule has 0 spiro atoms. The largest absolute Gasteiger partial charge is 0.341 e. The molecule has 2 aromatic heterocycles. The van der Waals surface area contributed by atoms with Crippen LogP contribution in [-0.2, 0) is 17.3 Å². The number of piperidine rings is 1. The predicted octanol–water partition coefficient (Wildman–Crippen LogP) is 3.70. The zero-order valence-corrected chi connectivity index (χ0v) is 15.1. The number of rotatable bonds is 3. The first-order valence-electron chi connectivity index (χ1n) is 9.02. The van der Waals surface area contributed by atoms with Gasteiger partial charge in [0.2, 0.25) is 5.91 Å². The SMILES string of the molecule is Cn1ccc(C2CCCN(C(=O)C3(c4cccs4)CCCC3)C2)n1. The van der Waals surface area contributed by atoms with E-state index in [-0.39, 0.29) is 5.41 Å². The summed E-state index contributed by atoms with van der Waals surface area (Å²) in [6.07, 6.45) is 8.57. The number of thiophene rings is 1. The number of aromatic nitrogens is 2. The maximum absolute atomic E-state index is 13.5. The van der Waals surface area contributed by atoms with Gasteiger partial charge in [-0.25, -0.2) is 0 Å². The Morgan fingerprint density at radius 3 is 2.79 bits per heavy atom. The Balaban J connectivity index is 1.57. The summed E-state index contributed by atoms with van der Waals surface area (Å²) >= 11 is 1.75. The molecule has 24 heavy (non-hydrogen) atoms. The Kier molecular flexibility index (Phi) is 4.21. The van der Waals surface area contributed by atoms with Gasteiger partial charge in [-0.1, -0.05) is 18.9 Å². The Labute approximate surface area is 147 Å². The molecule has 4 nitrogen and oxygen atoms in total. The van der Waals surface area contributed by atoms with Crippen LogP contribution in [-0.4, -0.2) is 33.7 Å². The molecule has 0 N–H and O–H groups in total. The van der Waals surface area contributed by atoms with Crippen LogP contribution < -0.4 is 0 Å². The fraction of sp³-hybridized carbons (Fsp3) is 0.579. The van der Waals surface area contributed by atoms with Crippen LogP contribution in [0.25, 0.3) is 0 Å². The normalized spacial score (nSPS) is 23.5. The van der Waals surface area contributed by atoms with Gasteiger partial charge in [0, 0.05) is 37.1 Å². The fourth-order valence-corrected chi connectivity index (χ4v) is 5.43. The van der Waals surface area contributed by atoms with Gasteiger partial charge in [0.1, 0.15) is 0 Å². The van der Waals surface area contributed by atoms with E-state index in [1.165, 1.54) is 17.7 Å². The Bertz CT molecular complexity index is 700. The third kappa shape index (κ3) is 2.69. The van der Waals surface area contributed by atoms with Gasteiger partial charge in [-0.3, -0.25) is 9.48 Å². The summed E-state index contributed by atoms with van der Waals surface area (Å²) in [5.74, 6) is 0.744. The minimum absolute atomic E-state index is 0.250. The number of hydrogen-bond donors (Lipinski definition) is 0. The van der Waals surface area contributed by atoms with Crippen molar-refractivity contribution in [1.82, 2.24) is 14.7 Å². The Morgan fingerprint density at radius 2 is 2.12 bits per heavy atom. The molecule has 2 fully saturated rings. The summed E-state index contributed by atoms with van der Waals surface area (Å²) in [5, 5.41) is 6.68. The van der Waals surface area contributed by atoms with E-state index in [9.17, 15) is 4.79 Å². The van der Waals surface area contributed by atoms with Crippen LogP contribution >= 0.6 is 11.3 Å². The number of nitrogens with zero attached hydrogens (tertiary/aromatic N) is 3. The van der Waals surface area contributed by atoms with Gasteiger partial charge >= 0.3 is 0 Å². The van der Waals surface area contributed by atoms with Crippen molar-refractivity contribution >= 4 is 17.2 Å². The topological polar surface area (TPSA) is 38.1 Å². The molecular weight excluding hydrogens is 318 g/mol. The average molecular weight is 343 g/mol. The van der Waals surface area contributed by atoms with Crippen molar-refractivity contribution in [2.24, 2.45) is 7.05 Å². The summed E-state index contributed by atoms with van der Waals surface area (Å²) in [6.45, 7) is 1.72. The summed E-state index contributed by atoms with van der Waals surface area (Å²) in [4.78, 5) is 16.9. The lowest BCUT2D eigenvalue weighted by Crippen LogP contribution is -2.48. The van der Waals surface area contributed by atoms with Crippen LogP contribution in [0.5, 0.6) is 0 Å². The van der Waals surface area contributed by atoms with Crippen molar-refractivity contribution in [3.05, 3.63) is 40.3 Å². The minimum Gasteiger partial charge on any atom is -0.341 e. The van der Waals surface area contributed by atoms with Crippen LogP contribution in [0.2, 0.25) is 0 Å². The number of amides is 1. The fourth-order valence-electron chi connectivity index (χ4n) is 4.45. The van der Waals surface area contributed by atoms with Crippen LogP contribution in [0.1, 0.15) is 55.0 Å². The molecule has 0 radical (unpaired) electrons. The van der Waals surface area contributed by atoms with E-state index in [1.54, 1.807) is 11.3 Å². The van der Waals surface area contributed by atoms with E-state index in [2.05, 4.69) is 33.6 Å². The monoisotopic (exact) mass is 343 g/mol. The van der Waals surface area contributed by atoms with Crippen molar-refractivity contribution in [3.8, 4) is 0 Å². The quantitative estimate of drug-likeness (QED) is 0.852. The maximum atomic E-state index is 13.5. The first kappa shape index (κ1) is 15.9. The average Bonchev–Trinajstić information content (AvgIpc) is 3.35. The molecule has 4 rings (SSSR count). The highest BCUT2D eigenvalue weighted by molar-refractivity contribution is 7.10. The highest BCUT2D eigenvalue weighted by atomic mass is 32.1. The second-order valence-corrected chi connectivity index (χ2v) is 8.22. The van der Waals surface area contributed by atoms with Gasteiger partial charge in [0.15, 0.2) is 0 Å². The van der Waals surface area contributed by atoms with Gasteiger partial charge in [-0.15, -0.1) is 11.3 Å². The molecule has 1 saturated heterocycles. The van der Waals surface area contributed by atoms with Gasteiger partial charge in [-0.2, -0.15) is 5.10 Å². The van der Waals surface area contributed by atoms with Crippen LogP contribution in [0.15, 0.2) is 29.8 Å². The number of carbonyl (C=O) groups excluding carboxylic acids is 1. The minimum atomic E-state index is -0.250. The molecule has 1 unspecified atom stereocenters. The number of carbonyl (C=O) groups is 1. The van der Waals surface area contributed by atoms with Gasteiger partial charge in [-0.05, 0) is 43.2 Å². The van der Waals surface area contributed by atoms with Gasteiger partial charge in [0.25, 0.3) is 0 Å². The van der Waals surface area contributed by atoms with Crippen molar-refractivity contribution in [2.75, 3.05) is 13.1 Å². The Hall–Kier alpha value is -1.62. The van der Waals surface area contributed by atoms with Crippen molar-refractivity contribution in [3.63, 3.8) is 0 Å². The third-order valence-corrected chi connectivity index (χ3v) is 6.79. The summed E-state index contributed by atoms with van der Waals surface area (Å²) in [7, 11) is 1.96. The molecule has 1 aliphatic heterocycles. The molecule has 1 atom stereocenters. The van der Waals surface area contributed by atoms with E-state index in [0.29, 0.717) is 11.8 Å². The molecular formula is C19H25N3OS. The number of hydrogen-bond acceptors (Lipinski definition) is 3.